The van der Waals surface area contributed by atoms with Crippen LogP contribution < -0.4 is 5.32 Å². The zero-order valence-electron chi connectivity index (χ0n) is 14.3. The van der Waals surface area contributed by atoms with Crippen LogP contribution in [0.1, 0.15) is 29.9 Å². The highest BCUT2D eigenvalue weighted by Crippen LogP contribution is 2.28. The molecule has 6 nitrogen and oxygen atoms in total. The van der Waals surface area contributed by atoms with Crippen molar-refractivity contribution in [2.24, 2.45) is 0 Å². The summed E-state index contributed by atoms with van der Waals surface area (Å²) in [5.74, 6) is -0.151. The second kappa shape index (κ2) is 5.73. The molecule has 4 aromatic rings. The molecule has 6 heteroatoms. The predicted octanol–water partition coefficient (Wildman–Crippen LogP) is 3.55. The number of carbonyl (C=O) groups is 1. The molecule has 25 heavy (non-hydrogen) atoms. The van der Waals surface area contributed by atoms with Gasteiger partial charge in [-0.1, -0.05) is 18.2 Å². The van der Waals surface area contributed by atoms with Gasteiger partial charge in [0.1, 0.15) is 5.52 Å². The summed E-state index contributed by atoms with van der Waals surface area (Å²) in [7, 11) is 0. The zero-order valence-corrected chi connectivity index (χ0v) is 14.3. The lowest BCUT2D eigenvalue weighted by Crippen LogP contribution is -2.29. The predicted molar refractivity (Wildman–Crippen MR) is 98.5 cm³/mol. The third-order valence-electron chi connectivity index (χ3n) is 4.11. The number of rotatable bonds is 3. The molecule has 1 aromatic carbocycles. The number of aromatic amines is 2. The van der Waals surface area contributed by atoms with E-state index >= 15 is 0 Å². The minimum absolute atomic E-state index is 0.0595. The fourth-order valence-corrected chi connectivity index (χ4v) is 3.04. The van der Waals surface area contributed by atoms with Crippen molar-refractivity contribution in [3.05, 3.63) is 47.9 Å². The van der Waals surface area contributed by atoms with Crippen molar-refractivity contribution in [1.29, 1.82) is 0 Å². The number of H-pyrrole nitrogens is 2. The zero-order chi connectivity index (χ0) is 17.6. The maximum absolute atomic E-state index is 12.4. The highest BCUT2D eigenvalue weighted by Gasteiger charge is 2.16. The van der Waals surface area contributed by atoms with Crippen LogP contribution in [-0.4, -0.2) is 31.9 Å². The number of carbonyl (C=O) groups excluding carboxylic acids is 1. The number of hydrogen-bond acceptors (Lipinski definition) is 3. The normalized spacial score (nSPS) is 11.5. The minimum atomic E-state index is -0.151. The second-order valence-electron chi connectivity index (χ2n) is 6.51. The highest BCUT2D eigenvalue weighted by atomic mass is 16.1. The summed E-state index contributed by atoms with van der Waals surface area (Å²) in [5, 5.41) is 4.03. The van der Waals surface area contributed by atoms with Gasteiger partial charge in [0, 0.05) is 28.9 Å². The Hall–Kier alpha value is -3.15. The number of amides is 1. The van der Waals surface area contributed by atoms with E-state index in [9.17, 15) is 4.79 Å². The number of hydrogen-bond donors (Lipinski definition) is 3. The van der Waals surface area contributed by atoms with E-state index in [1.54, 1.807) is 12.4 Å². The average molecular weight is 333 g/mol. The van der Waals surface area contributed by atoms with Crippen LogP contribution in [0.5, 0.6) is 0 Å². The summed E-state index contributed by atoms with van der Waals surface area (Å²) in [4.78, 5) is 27.9. The third kappa shape index (κ3) is 2.65. The van der Waals surface area contributed by atoms with Gasteiger partial charge < -0.3 is 15.3 Å². The molecule has 3 N–H and O–H groups in total. The van der Waals surface area contributed by atoms with Crippen molar-refractivity contribution < 1.29 is 4.79 Å². The molecule has 4 rings (SSSR count). The molecule has 0 bridgehead atoms. The maximum atomic E-state index is 12.4. The first-order valence-corrected chi connectivity index (χ1v) is 8.26. The Balaban J connectivity index is 1.87. The van der Waals surface area contributed by atoms with Gasteiger partial charge in [-0.15, -0.1) is 0 Å². The summed E-state index contributed by atoms with van der Waals surface area (Å²) in [6, 6.07) is 8.23. The molecular weight excluding hydrogens is 314 g/mol. The first-order chi connectivity index (χ1) is 12.0. The molecule has 126 valence electrons. The minimum Gasteiger partial charge on any atom is -0.358 e. The van der Waals surface area contributed by atoms with Crippen molar-refractivity contribution in [1.82, 2.24) is 25.3 Å². The second-order valence-corrected chi connectivity index (χ2v) is 6.51. The fourth-order valence-electron chi connectivity index (χ4n) is 3.04. The van der Waals surface area contributed by atoms with E-state index in [1.165, 1.54) is 0 Å². The third-order valence-corrected chi connectivity index (χ3v) is 4.11. The van der Waals surface area contributed by atoms with E-state index in [0.717, 1.165) is 27.9 Å². The van der Waals surface area contributed by atoms with Gasteiger partial charge in [0.05, 0.1) is 23.0 Å². The number of aromatic nitrogens is 4. The summed E-state index contributed by atoms with van der Waals surface area (Å²) in [6.45, 7) is 5.88. The number of fused-ring (bicyclic) bond motifs is 2. The van der Waals surface area contributed by atoms with Gasteiger partial charge in [-0.05, 0) is 26.8 Å². The molecule has 0 radical (unpaired) electrons. The summed E-state index contributed by atoms with van der Waals surface area (Å²) in [5.41, 5.74) is 5.51. The Labute approximate surface area is 144 Å². The first kappa shape index (κ1) is 15.4. The first-order valence-electron chi connectivity index (χ1n) is 8.26. The quantitative estimate of drug-likeness (QED) is 0.536. The molecule has 0 spiro atoms. The molecule has 0 unspecified atom stereocenters. The van der Waals surface area contributed by atoms with E-state index in [1.807, 2.05) is 32.9 Å². The number of nitrogens with one attached hydrogen (secondary N) is 3. The molecule has 0 atom stereocenters. The van der Waals surface area contributed by atoms with E-state index in [0.29, 0.717) is 16.7 Å². The van der Waals surface area contributed by atoms with E-state index in [-0.39, 0.29) is 11.9 Å². The van der Waals surface area contributed by atoms with Crippen LogP contribution in [0.4, 0.5) is 0 Å². The lowest BCUT2D eigenvalue weighted by atomic mass is 10.1. The lowest BCUT2D eigenvalue weighted by molar-refractivity contribution is 0.0944. The molecule has 0 aliphatic heterocycles. The summed E-state index contributed by atoms with van der Waals surface area (Å²) >= 11 is 0. The molecule has 0 saturated carbocycles. The number of nitrogens with zero attached hydrogens (tertiary/aromatic N) is 2. The van der Waals surface area contributed by atoms with Crippen LogP contribution in [0.15, 0.2) is 36.7 Å². The van der Waals surface area contributed by atoms with Gasteiger partial charge in [0.25, 0.3) is 5.91 Å². The van der Waals surface area contributed by atoms with Crippen molar-refractivity contribution in [3.63, 3.8) is 0 Å². The van der Waals surface area contributed by atoms with Crippen LogP contribution in [0.2, 0.25) is 0 Å². The Morgan fingerprint density at radius 2 is 2.12 bits per heavy atom. The maximum Gasteiger partial charge on any atom is 0.255 e. The monoisotopic (exact) mass is 333 g/mol. The van der Waals surface area contributed by atoms with Crippen molar-refractivity contribution in [2.75, 3.05) is 0 Å². The molecule has 0 aliphatic rings. The Morgan fingerprint density at radius 3 is 2.92 bits per heavy atom. The van der Waals surface area contributed by atoms with Crippen LogP contribution in [0, 0.1) is 6.92 Å². The highest BCUT2D eigenvalue weighted by molar-refractivity contribution is 6.05. The fraction of sp³-hybridized carbons (Fsp3) is 0.211. The standard InChI is InChI=1S/C19H19N5O/c1-10(2)22-19(25)14-8-20-18-17(14)24-15(9-21-18)13-6-4-5-12-7-11(3)23-16(12)13/h4-10,23H,1-3H3,(H,20,21)(H,22,25). The van der Waals surface area contributed by atoms with Crippen LogP contribution in [-0.2, 0) is 0 Å². The van der Waals surface area contributed by atoms with E-state index < -0.39 is 0 Å². The van der Waals surface area contributed by atoms with Gasteiger partial charge in [-0.3, -0.25) is 4.79 Å². The molecule has 3 heterocycles. The van der Waals surface area contributed by atoms with Crippen LogP contribution >= 0.6 is 0 Å². The molecule has 0 fully saturated rings. The van der Waals surface area contributed by atoms with Crippen molar-refractivity contribution in [3.8, 4) is 11.3 Å². The van der Waals surface area contributed by atoms with E-state index in [4.69, 9.17) is 4.98 Å². The van der Waals surface area contributed by atoms with Gasteiger partial charge >= 0.3 is 0 Å². The van der Waals surface area contributed by atoms with Gasteiger partial charge in [0.2, 0.25) is 0 Å². The Kier molecular flexibility index (Phi) is 3.53. The van der Waals surface area contributed by atoms with Gasteiger partial charge in [-0.25, -0.2) is 9.97 Å². The SMILES string of the molecule is Cc1cc2cccc(-c3cnc4[nH]cc(C(=O)NC(C)C)c4n3)c2[nH]1. The Bertz CT molecular complexity index is 1090. The molecule has 1 amide bonds. The molecular formula is C19H19N5O. The van der Waals surface area contributed by atoms with Gasteiger partial charge in [0.15, 0.2) is 5.65 Å². The van der Waals surface area contributed by atoms with Gasteiger partial charge in [-0.2, -0.15) is 0 Å². The van der Waals surface area contributed by atoms with Crippen LogP contribution in [0.25, 0.3) is 33.3 Å². The lowest BCUT2D eigenvalue weighted by Gasteiger charge is -2.07. The number of para-hydroxylation sites is 1. The number of benzene rings is 1. The summed E-state index contributed by atoms with van der Waals surface area (Å²) < 4.78 is 0. The average Bonchev–Trinajstić information content (AvgIpc) is 3.15. The van der Waals surface area contributed by atoms with Crippen molar-refractivity contribution in [2.45, 2.75) is 26.8 Å². The number of aryl methyl sites for hydroxylation is 1. The molecule has 0 aliphatic carbocycles. The topological polar surface area (TPSA) is 86.5 Å². The molecule has 0 saturated heterocycles. The van der Waals surface area contributed by atoms with Crippen molar-refractivity contribution >= 4 is 28.0 Å². The largest absolute Gasteiger partial charge is 0.358 e. The smallest absolute Gasteiger partial charge is 0.255 e. The Morgan fingerprint density at radius 1 is 1.28 bits per heavy atom. The molecule has 3 aromatic heterocycles. The van der Waals surface area contributed by atoms with E-state index in [2.05, 4.69) is 32.4 Å². The summed E-state index contributed by atoms with van der Waals surface area (Å²) in [6.07, 6.45) is 3.39. The van der Waals surface area contributed by atoms with Crippen LogP contribution in [0.3, 0.4) is 0 Å².